The second-order valence-corrected chi connectivity index (χ2v) is 8.21. The number of benzene rings is 1. The van der Waals surface area contributed by atoms with Crippen LogP contribution in [0.4, 0.5) is 0 Å². The van der Waals surface area contributed by atoms with E-state index in [1.165, 1.54) is 32.1 Å². The van der Waals surface area contributed by atoms with Crippen LogP contribution in [-0.2, 0) is 11.3 Å². The molecule has 1 amide bonds. The zero-order valence-corrected chi connectivity index (χ0v) is 15.9. The summed E-state index contributed by atoms with van der Waals surface area (Å²) < 4.78 is 0. The normalized spacial score (nSPS) is 20.1. The maximum Gasteiger partial charge on any atom is 0.323 e. The van der Waals surface area contributed by atoms with E-state index in [-0.39, 0.29) is 11.6 Å². The minimum Gasteiger partial charge on any atom is -0.352 e. The van der Waals surface area contributed by atoms with E-state index in [4.69, 9.17) is 0 Å². The summed E-state index contributed by atoms with van der Waals surface area (Å²) in [4.78, 5) is 31.8. The molecule has 1 saturated heterocycles. The largest absolute Gasteiger partial charge is 0.352 e. The Bertz CT molecular complexity index is 826. The van der Waals surface area contributed by atoms with E-state index >= 15 is 0 Å². The number of H-pyrrole nitrogens is 2. The van der Waals surface area contributed by atoms with Gasteiger partial charge in [-0.25, -0.2) is 4.79 Å². The topological polar surface area (TPSA) is 81.0 Å². The van der Waals surface area contributed by atoms with E-state index in [1.54, 1.807) is 0 Å². The highest BCUT2D eigenvalue weighted by Crippen LogP contribution is 2.28. The van der Waals surface area contributed by atoms with Crippen LogP contribution >= 0.6 is 0 Å². The lowest BCUT2D eigenvalue weighted by atomic mass is 9.89. The number of amides is 1. The molecule has 0 radical (unpaired) electrons. The Hall–Kier alpha value is -2.08. The smallest absolute Gasteiger partial charge is 0.323 e. The van der Waals surface area contributed by atoms with Gasteiger partial charge in [0, 0.05) is 19.0 Å². The van der Waals surface area contributed by atoms with Gasteiger partial charge in [0.05, 0.1) is 11.0 Å². The van der Waals surface area contributed by atoms with Crippen LogP contribution in [0.25, 0.3) is 11.0 Å². The van der Waals surface area contributed by atoms with E-state index in [0.29, 0.717) is 18.9 Å². The van der Waals surface area contributed by atoms with Crippen LogP contribution in [-0.4, -0.2) is 39.9 Å². The number of carbonyl (C=O) groups is 1. The number of hydrogen-bond acceptors (Lipinski definition) is 3. The predicted octanol–water partition coefficient (Wildman–Crippen LogP) is 2.91. The molecule has 2 fully saturated rings. The van der Waals surface area contributed by atoms with Gasteiger partial charge in [0.1, 0.15) is 0 Å². The van der Waals surface area contributed by atoms with Gasteiger partial charge in [0.2, 0.25) is 5.91 Å². The number of nitrogens with zero attached hydrogens (tertiary/aromatic N) is 1. The Morgan fingerprint density at radius 2 is 1.78 bits per heavy atom. The molecule has 3 N–H and O–H groups in total. The Morgan fingerprint density at radius 3 is 2.56 bits per heavy atom. The molecule has 0 atom stereocenters. The molecule has 1 aliphatic heterocycles. The van der Waals surface area contributed by atoms with Gasteiger partial charge in [-0.2, -0.15) is 0 Å². The second kappa shape index (κ2) is 8.30. The summed E-state index contributed by atoms with van der Waals surface area (Å²) in [6.45, 7) is 2.81. The zero-order chi connectivity index (χ0) is 18.6. The van der Waals surface area contributed by atoms with Gasteiger partial charge in [-0.1, -0.05) is 25.3 Å². The molecule has 4 rings (SSSR count). The van der Waals surface area contributed by atoms with Crippen molar-refractivity contribution in [2.24, 2.45) is 5.92 Å². The number of rotatable bonds is 5. The molecule has 27 heavy (non-hydrogen) atoms. The number of aromatic amines is 2. The van der Waals surface area contributed by atoms with Crippen molar-refractivity contribution in [2.75, 3.05) is 13.1 Å². The summed E-state index contributed by atoms with van der Waals surface area (Å²) >= 11 is 0. The predicted molar refractivity (Wildman–Crippen MR) is 107 cm³/mol. The van der Waals surface area contributed by atoms with Crippen molar-refractivity contribution in [1.29, 1.82) is 0 Å². The van der Waals surface area contributed by atoms with Gasteiger partial charge in [-0.3, -0.25) is 4.79 Å². The number of nitrogens with one attached hydrogen (secondary N) is 3. The number of carbonyl (C=O) groups excluding carboxylic acids is 1. The summed E-state index contributed by atoms with van der Waals surface area (Å²) in [5, 5.41) is 3.04. The number of likely N-dealkylation sites (tertiary alicyclic amines) is 1. The lowest BCUT2D eigenvalue weighted by Gasteiger charge is -2.39. The average Bonchev–Trinajstić information content (AvgIpc) is 3.07. The molecule has 1 saturated carbocycles. The summed E-state index contributed by atoms with van der Waals surface area (Å²) in [6.07, 6.45) is 9.80. The number of fused-ring (bicyclic) bond motifs is 1. The van der Waals surface area contributed by atoms with Crippen molar-refractivity contribution < 1.29 is 4.79 Å². The first-order valence-electron chi connectivity index (χ1n) is 10.4. The number of imidazole rings is 1. The van der Waals surface area contributed by atoms with Crippen molar-refractivity contribution in [1.82, 2.24) is 20.2 Å². The molecule has 1 aromatic heterocycles. The van der Waals surface area contributed by atoms with Crippen LogP contribution in [0.3, 0.4) is 0 Å². The van der Waals surface area contributed by atoms with Crippen molar-refractivity contribution >= 4 is 16.9 Å². The minimum absolute atomic E-state index is 0.133. The quantitative estimate of drug-likeness (QED) is 0.757. The highest BCUT2D eigenvalue weighted by Gasteiger charge is 2.27. The van der Waals surface area contributed by atoms with Gasteiger partial charge in [0.25, 0.3) is 0 Å². The summed E-state index contributed by atoms with van der Waals surface area (Å²) in [7, 11) is 0. The first kappa shape index (κ1) is 18.3. The van der Waals surface area contributed by atoms with E-state index in [2.05, 4.69) is 20.2 Å². The molecule has 0 bridgehead atoms. The fourth-order valence-corrected chi connectivity index (χ4v) is 4.69. The van der Waals surface area contributed by atoms with Crippen molar-refractivity contribution in [3.8, 4) is 0 Å². The molecular weight excluding hydrogens is 340 g/mol. The first-order chi connectivity index (χ1) is 13.2. The molecule has 0 unspecified atom stereocenters. The van der Waals surface area contributed by atoms with Gasteiger partial charge in [-0.05, 0) is 62.4 Å². The molecule has 2 heterocycles. The molecule has 1 aliphatic carbocycles. The summed E-state index contributed by atoms with van der Waals surface area (Å²) in [6, 6.07) is 6.52. The Labute approximate surface area is 159 Å². The Morgan fingerprint density at radius 1 is 1.04 bits per heavy atom. The van der Waals surface area contributed by atoms with Crippen LogP contribution < -0.4 is 11.0 Å². The lowest BCUT2D eigenvalue weighted by molar-refractivity contribution is -0.122. The van der Waals surface area contributed by atoms with Gasteiger partial charge >= 0.3 is 5.69 Å². The van der Waals surface area contributed by atoms with E-state index < -0.39 is 0 Å². The molecule has 2 aromatic rings. The van der Waals surface area contributed by atoms with Crippen molar-refractivity contribution in [2.45, 2.75) is 64.0 Å². The SMILES string of the molecule is O=C(CC1CCN(C2CCCCC2)CC1)NCc1ccc2[nH]c(=O)[nH]c2c1. The molecule has 146 valence electrons. The van der Waals surface area contributed by atoms with Crippen LogP contribution in [0.5, 0.6) is 0 Å². The maximum atomic E-state index is 12.3. The minimum atomic E-state index is -0.203. The van der Waals surface area contributed by atoms with Crippen molar-refractivity contribution in [3.05, 3.63) is 34.2 Å². The lowest BCUT2D eigenvalue weighted by Crippen LogP contribution is -2.43. The zero-order valence-electron chi connectivity index (χ0n) is 15.9. The molecule has 2 aliphatic rings. The first-order valence-corrected chi connectivity index (χ1v) is 10.4. The van der Waals surface area contributed by atoms with E-state index in [9.17, 15) is 9.59 Å². The van der Waals surface area contributed by atoms with Crippen LogP contribution in [0.1, 0.15) is 56.9 Å². The highest BCUT2D eigenvalue weighted by molar-refractivity contribution is 5.77. The Balaban J connectivity index is 1.21. The van der Waals surface area contributed by atoms with E-state index in [0.717, 1.165) is 48.6 Å². The van der Waals surface area contributed by atoms with Gasteiger partial charge in [-0.15, -0.1) is 0 Å². The van der Waals surface area contributed by atoms with E-state index in [1.807, 2.05) is 18.2 Å². The molecule has 6 nitrogen and oxygen atoms in total. The van der Waals surface area contributed by atoms with Gasteiger partial charge < -0.3 is 20.2 Å². The molecular formula is C21H30N4O2. The Kier molecular flexibility index (Phi) is 5.62. The third kappa shape index (κ3) is 4.61. The third-order valence-corrected chi connectivity index (χ3v) is 6.28. The highest BCUT2D eigenvalue weighted by atomic mass is 16.1. The molecule has 1 aromatic carbocycles. The number of aromatic nitrogens is 2. The summed E-state index contributed by atoms with van der Waals surface area (Å²) in [5.74, 6) is 0.641. The van der Waals surface area contributed by atoms with Crippen LogP contribution in [0, 0.1) is 5.92 Å². The number of hydrogen-bond donors (Lipinski definition) is 3. The van der Waals surface area contributed by atoms with Gasteiger partial charge in [0.15, 0.2) is 0 Å². The van der Waals surface area contributed by atoms with Crippen molar-refractivity contribution in [3.63, 3.8) is 0 Å². The molecule has 0 spiro atoms. The monoisotopic (exact) mass is 370 g/mol. The fraction of sp³-hybridized carbons (Fsp3) is 0.619. The number of piperidine rings is 1. The van der Waals surface area contributed by atoms with Crippen LogP contribution in [0.15, 0.2) is 23.0 Å². The second-order valence-electron chi connectivity index (χ2n) is 8.21. The third-order valence-electron chi connectivity index (χ3n) is 6.28. The fourth-order valence-electron chi connectivity index (χ4n) is 4.69. The molecule has 6 heteroatoms. The van der Waals surface area contributed by atoms with Crippen LogP contribution in [0.2, 0.25) is 0 Å². The standard InChI is InChI=1S/C21H30N4O2/c26-20(22-14-16-6-7-18-19(12-16)24-21(27)23-18)13-15-8-10-25(11-9-15)17-4-2-1-3-5-17/h6-7,12,15,17H,1-5,8-11,13-14H2,(H,22,26)(H2,23,24,27). The average molecular weight is 370 g/mol. The summed E-state index contributed by atoms with van der Waals surface area (Å²) in [5.41, 5.74) is 2.37. The maximum absolute atomic E-state index is 12.3.